The number of anilines is 1. The number of carbonyl (C=O) groups is 2. The van der Waals surface area contributed by atoms with Crippen LogP contribution in [-0.2, 0) is 6.54 Å². The van der Waals surface area contributed by atoms with Gasteiger partial charge in [-0.1, -0.05) is 6.07 Å². The average Bonchev–Trinajstić information content (AvgIpc) is 3.66. The van der Waals surface area contributed by atoms with Gasteiger partial charge in [-0.2, -0.15) is 0 Å². The molecule has 2 heterocycles. The lowest BCUT2D eigenvalue weighted by Crippen LogP contribution is -2.52. The van der Waals surface area contributed by atoms with E-state index in [2.05, 4.69) is 29.3 Å². The van der Waals surface area contributed by atoms with E-state index >= 15 is 0 Å². The van der Waals surface area contributed by atoms with E-state index in [1.165, 1.54) is 42.7 Å². The molecule has 8 nitrogen and oxygen atoms in total. The molecule has 8 heteroatoms. The van der Waals surface area contributed by atoms with Crippen LogP contribution in [0.1, 0.15) is 65.6 Å². The average molecular weight is 493 g/mol. The predicted octanol–water partition coefficient (Wildman–Crippen LogP) is 3.21. The van der Waals surface area contributed by atoms with Gasteiger partial charge < -0.3 is 24.7 Å². The number of piperidine rings is 1. The molecule has 2 amide bonds. The molecule has 2 aromatic carbocycles. The Hall–Kier alpha value is -3.26. The van der Waals surface area contributed by atoms with Crippen LogP contribution in [0.5, 0.6) is 11.5 Å². The first-order valence-electron chi connectivity index (χ1n) is 12.8. The van der Waals surface area contributed by atoms with Gasteiger partial charge in [-0.25, -0.2) is 4.79 Å². The first kappa shape index (κ1) is 24.4. The Morgan fingerprint density at radius 3 is 2.56 bits per heavy atom. The summed E-state index contributed by atoms with van der Waals surface area (Å²) in [5.74, 6) is 0.532. The first-order valence-corrected chi connectivity index (χ1v) is 12.8. The summed E-state index contributed by atoms with van der Waals surface area (Å²) in [5.41, 5.74) is 4.32. The molecular weight excluding hydrogens is 458 g/mol. The number of hydrogen-bond donors (Lipinski definition) is 1. The van der Waals surface area contributed by atoms with Crippen LogP contribution in [0.2, 0.25) is 0 Å². The molecule has 5 rings (SSSR count). The minimum Gasteiger partial charge on any atom is -0.545 e. The Morgan fingerprint density at radius 2 is 1.92 bits per heavy atom. The SMILES string of the molecule is CCOc1cc(CN2CCC3(CC2)CN(c2ccc(C(=O)[O-])c(OC)c2)C(=O)N3)c(C2CC2)cc1C. The van der Waals surface area contributed by atoms with Gasteiger partial charge in [0, 0.05) is 37.0 Å². The number of likely N-dealkylation sites (tertiary alicyclic amines) is 1. The van der Waals surface area contributed by atoms with Crippen molar-refractivity contribution in [2.45, 2.75) is 57.5 Å². The molecule has 36 heavy (non-hydrogen) atoms. The third-order valence-corrected chi connectivity index (χ3v) is 7.76. The van der Waals surface area contributed by atoms with E-state index in [9.17, 15) is 14.7 Å². The molecule has 2 aromatic rings. The van der Waals surface area contributed by atoms with Crippen LogP contribution in [0.25, 0.3) is 0 Å². The van der Waals surface area contributed by atoms with Gasteiger partial charge in [-0.3, -0.25) is 9.80 Å². The zero-order chi connectivity index (χ0) is 25.4. The summed E-state index contributed by atoms with van der Waals surface area (Å²) < 4.78 is 11.1. The molecule has 0 bridgehead atoms. The summed E-state index contributed by atoms with van der Waals surface area (Å²) in [4.78, 5) is 28.4. The lowest BCUT2D eigenvalue weighted by atomic mass is 9.87. The molecule has 0 unspecified atom stereocenters. The third kappa shape index (κ3) is 4.74. The van der Waals surface area contributed by atoms with Gasteiger partial charge in [0.05, 0.1) is 31.8 Å². The second-order valence-corrected chi connectivity index (χ2v) is 10.3. The maximum atomic E-state index is 12.9. The van der Waals surface area contributed by atoms with Gasteiger partial charge in [-0.15, -0.1) is 0 Å². The Morgan fingerprint density at radius 1 is 1.17 bits per heavy atom. The summed E-state index contributed by atoms with van der Waals surface area (Å²) in [6.45, 7) is 8.02. The number of nitrogens with one attached hydrogen (secondary N) is 1. The number of urea groups is 1. The van der Waals surface area contributed by atoms with E-state index in [4.69, 9.17) is 9.47 Å². The Bertz CT molecular complexity index is 1170. The fourth-order valence-corrected chi connectivity index (χ4v) is 5.57. The van der Waals surface area contributed by atoms with E-state index in [1.54, 1.807) is 17.0 Å². The zero-order valence-corrected chi connectivity index (χ0v) is 21.3. The summed E-state index contributed by atoms with van der Waals surface area (Å²) in [5, 5.41) is 14.5. The predicted molar refractivity (Wildman–Crippen MR) is 135 cm³/mol. The number of rotatable bonds is 8. The number of hydrogen-bond acceptors (Lipinski definition) is 6. The smallest absolute Gasteiger partial charge is 0.322 e. The standard InChI is InChI=1S/C28H35N3O5/c1-4-36-24-14-20(23(13-18(24)2)19-5-6-19)16-30-11-9-28(10-12-30)17-31(27(34)29-28)21-7-8-22(26(32)33)25(15-21)35-3/h7-8,13-15,19H,4-6,9-12,16-17H2,1-3H3,(H,29,34)(H,32,33)/p-1. The van der Waals surface area contributed by atoms with Crippen molar-refractivity contribution in [2.75, 3.05) is 38.3 Å². The number of carboxylic acid groups (broad SMARTS) is 1. The molecule has 2 saturated heterocycles. The molecule has 2 aliphatic heterocycles. The van der Waals surface area contributed by atoms with E-state index in [1.807, 2.05) is 6.92 Å². The van der Waals surface area contributed by atoms with E-state index < -0.39 is 5.97 Å². The van der Waals surface area contributed by atoms with Crippen LogP contribution in [-0.4, -0.2) is 55.8 Å². The summed E-state index contributed by atoms with van der Waals surface area (Å²) in [7, 11) is 1.41. The van der Waals surface area contributed by atoms with Crippen LogP contribution in [0, 0.1) is 6.92 Å². The summed E-state index contributed by atoms with van der Waals surface area (Å²) in [6, 6.07) is 9.04. The van der Waals surface area contributed by atoms with Crippen LogP contribution >= 0.6 is 0 Å². The number of amides is 2. The number of benzene rings is 2. The monoisotopic (exact) mass is 492 g/mol. The molecule has 0 atom stereocenters. The van der Waals surface area contributed by atoms with Crippen LogP contribution in [0.15, 0.2) is 30.3 Å². The lowest BCUT2D eigenvalue weighted by molar-refractivity contribution is -0.255. The number of aromatic carboxylic acids is 1. The van der Waals surface area contributed by atoms with Crippen molar-refractivity contribution in [1.29, 1.82) is 0 Å². The lowest BCUT2D eigenvalue weighted by Gasteiger charge is -2.39. The molecule has 0 radical (unpaired) electrons. The quantitative estimate of drug-likeness (QED) is 0.608. The molecule has 1 aliphatic carbocycles. The number of ether oxygens (including phenoxy) is 2. The molecule has 192 valence electrons. The number of carbonyl (C=O) groups excluding carboxylic acids is 2. The Balaban J connectivity index is 1.27. The highest BCUT2D eigenvalue weighted by Gasteiger charge is 2.45. The van der Waals surface area contributed by atoms with Crippen molar-refractivity contribution in [3.63, 3.8) is 0 Å². The van der Waals surface area contributed by atoms with E-state index in [0.717, 1.165) is 38.2 Å². The van der Waals surface area contributed by atoms with Crippen molar-refractivity contribution in [1.82, 2.24) is 10.2 Å². The molecule has 1 saturated carbocycles. The second-order valence-electron chi connectivity index (χ2n) is 10.3. The number of nitrogens with zero attached hydrogens (tertiary/aromatic N) is 2. The van der Waals surface area contributed by atoms with Gasteiger partial charge >= 0.3 is 6.03 Å². The molecular formula is C28H34N3O5-. The number of methoxy groups -OCH3 is 1. The number of carboxylic acids is 1. The summed E-state index contributed by atoms with van der Waals surface area (Å²) >= 11 is 0. The Kier molecular flexibility index (Phi) is 6.55. The van der Waals surface area contributed by atoms with Crippen molar-refractivity contribution in [2.24, 2.45) is 0 Å². The molecule has 1 N–H and O–H groups in total. The van der Waals surface area contributed by atoms with Crippen LogP contribution < -0.4 is 24.8 Å². The second kappa shape index (κ2) is 9.65. The minimum atomic E-state index is -1.31. The Labute approximate surface area is 212 Å². The number of aryl methyl sites for hydroxylation is 1. The van der Waals surface area contributed by atoms with Crippen molar-refractivity contribution in [3.8, 4) is 11.5 Å². The highest BCUT2D eigenvalue weighted by molar-refractivity contribution is 5.97. The maximum Gasteiger partial charge on any atom is 0.322 e. The molecule has 3 aliphatic rings. The fraction of sp³-hybridized carbons (Fsp3) is 0.500. The highest BCUT2D eigenvalue weighted by Crippen LogP contribution is 2.44. The van der Waals surface area contributed by atoms with E-state index in [-0.39, 0.29) is 22.9 Å². The fourth-order valence-electron chi connectivity index (χ4n) is 5.57. The largest absolute Gasteiger partial charge is 0.545 e. The van der Waals surface area contributed by atoms with E-state index in [0.29, 0.717) is 24.8 Å². The van der Waals surface area contributed by atoms with Crippen LogP contribution in [0.3, 0.4) is 0 Å². The van der Waals surface area contributed by atoms with Gasteiger partial charge in [0.2, 0.25) is 0 Å². The van der Waals surface area contributed by atoms with Gasteiger partial charge in [0.15, 0.2) is 0 Å². The topological polar surface area (TPSA) is 94.2 Å². The normalized spacial score (nSPS) is 19.4. The molecule has 1 spiro atoms. The van der Waals surface area contributed by atoms with Crippen molar-refractivity contribution in [3.05, 3.63) is 52.6 Å². The minimum absolute atomic E-state index is 0.0296. The molecule has 3 fully saturated rings. The zero-order valence-electron chi connectivity index (χ0n) is 21.3. The van der Waals surface area contributed by atoms with Crippen molar-refractivity contribution < 1.29 is 24.2 Å². The summed E-state index contributed by atoms with van der Waals surface area (Å²) in [6.07, 6.45) is 4.24. The third-order valence-electron chi connectivity index (χ3n) is 7.76. The highest BCUT2D eigenvalue weighted by atomic mass is 16.5. The van der Waals surface area contributed by atoms with Crippen LogP contribution in [0.4, 0.5) is 10.5 Å². The van der Waals surface area contributed by atoms with Gasteiger partial charge in [-0.05, 0) is 80.3 Å². The van der Waals surface area contributed by atoms with Crippen molar-refractivity contribution >= 4 is 17.7 Å². The van der Waals surface area contributed by atoms with Gasteiger partial charge in [0.25, 0.3) is 0 Å². The van der Waals surface area contributed by atoms with Gasteiger partial charge in [0.1, 0.15) is 11.5 Å². The first-order chi connectivity index (χ1) is 17.3. The maximum absolute atomic E-state index is 12.9. The molecule has 0 aromatic heterocycles.